The van der Waals surface area contributed by atoms with E-state index in [0.29, 0.717) is 19.2 Å². The van der Waals surface area contributed by atoms with Crippen molar-refractivity contribution in [2.24, 2.45) is 11.8 Å². The molecule has 4 aliphatic carbocycles. The predicted octanol–water partition coefficient (Wildman–Crippen LogP) is 8.42. The number of fused-ring (bicyclic) bond motifs is 2. The average Bonchev–Trinajstić information content (AvgIpc) is 3.94. The molecule has 4 aromatic rings. The summed E-state index contributed by atoms with van der Waals surface area (Å²) in [6.45, 7) is 0. The van der Waals surface area contributed by atoms with E-state index in [0.717, 1.165) is 22.3 Å². The Morgan fingerprint density at radius 3 is 1.15 bits per heavy atom. The summed E-state index contributed by atoms with van der Waals surface area (Å²) in [5.41, 5.74) is 10.9. The monoisotopic (exact) mass is 946 g/mol. The molecule has 0 nitrogen and oxygen atoms in total. The summed E-state index contributed by atoms with van der Waals surface area (Å²) in [5, 5.41) is 0. The third-order valence-corrected chi connectivity index (χ3v) is 35.4. The van der Waals surface area contributed by atoms with Crippen LogP contribution >= 0.6 is 0 Å². The minimum absolute atomic E-state index is 0. The first-order chi connectivity index (χ1) is 25.0. The van der Waals surface area contributed by atoms with Crippen LogP contribution in [0.15, 0.2) is 96.1 Å². The van der Waals surface area contributed by atoms with Crippen LogP contribution in [0.4, 0.5) is 26.3 Å². The standard InChI is InChI=1S/2C21H18F3.C3H6.2ClH.Hf/c2*22-21(23,24)18-10-8-15(9-11-18)19-7-3-6-16-12-17(13-20(16)19)14-4-1-2-5-14;1-3-2;;;/h2*3,6-14H,1-2,4-5H2;1-3H2;2*1H;/q;;;;;+2/p-2. The SMILES string of the molecule is FC(F)(F)c1ccc(-c2cccc3c2C=C(C2CCCC2)[CH]3[Hf+2]2([CH]3C(C4CCCC4)=Cc4c(-c5ccc(C(F)(F)F)cc5)cccc43)[CH2]C[CH2]2)cc1.[Cl-].[Cl-]. The van der Waals surface area contributed by atoms with E-state index in [9.17, 15) is 26.3 Å². The van der Waals surface area contributed by atoms with Crippen molar-refractivity contribution < 1.29 is 71.1 Å². The van der Waals surface area contributed by atoms with E-state index >= 15 is 0 Å². The van der Waals surface area contributed by atoms with E-state index in [1.54, 1.807) is 35.4 Å². The molecule has 4 aromatic carbocycles. The average molecular weight is 946 g/mol. The van der Waals surface area contributed by atoms with Crippen LogP contribution in [0, 0.1) is 11.8 Å². The van der Waals surface area contributed by atoms with Crippen molar-refractivity contribution in [1.29, 1.82) is 0 Å². The van der Waals surface area contributed by atoms with Crippen molar-refractivity contribution in [2.75, 3.05) is 0 Å². The van der Waals surface area contributed by atoms with Crippen LogP contribution in [-0.4, -0.2) is 0 Å². The van der Waals surface area contributed by atoms with Gasteiger partial charge in [-0.05, 0) is 0 Å². The van der Waals surface area contributed by atoms with Gasteiger partial charge in [0.05, 0.1) is 0 Å². The molecule has 1 heterocycles. The molecule has 54 heavy (non-hydrogen) atoms. The second kappa shape index (κ2) is 15.0. The van der Waals surface area contributed by atoms with E-state index in [2.05, 4.69) is 48.6 Å². The van der Waals surface area contributed by atoms with Crippen LogP contribution in [0.1, 0.15) is 98.5 Å². The van der Waals surface area contributed by atoms with Crippen LogP contribution in [0.25, 0.3) is 34.4 Å². The van der Waals surface area contributed by atoms with Crippen molar-refractivity contribution in [3.8, 4) is 22.3 Å². The minimum Gasteiger partial charge on any atom is -1.00 e. The summed E-state index contributed by atoms with van der Waals surface area (Å²) in [5.74, 6) is 1.07. The quantitative estimate of drug-likeness (QED) is 0.135. The first kappa shape index (κ1) is 39.6. The fourth-order valence-electron chi connectivity index (χ4n) is 10.9. The minimum atomic E-state index is -4.38. The maximum Gasteiger partial charge on any atom is -1.00 e. The summed E-state index contributed by atoms with van der Waals surface area (Å²) >= 11 is -3.47. The number of allylic oxidation sites excluding steroid dienone is 2. The number of hydrogen-bond donors (Lipinski definition) is 0. The van der Waals surface area contributed by atoms with Crippen molar-refractivity contribution in [3.63, 3.8) is 0 Å². The van der Waals surface area contributed by atoms with Gasteiger partial charge in [0.2, 0.25) is 0 Å². The Balaban J connectivity index is 0.00000225. The summed E-state index contributed by atoms with van der Waals surface area (Å²) in [4.78, 5) is 0. The maximum absolute atomic E-state index is 13.5. The second-order valence-electron chi connectivity index (χ2n) is 16.0. The molecule has 0 amide bonds. The van der Waals surface area contributed by atoms with Gasteiger partial charge < -0.3 is 24.8 Å². The zero-order valence-corrected chi connectivity index (χ0v) is 35.0. The molecule has 2 atom stereocenters. The number of rotatable bonds is 6. The van der Waals surface area contributed by atoms with Gasteiger partial charge in [-0.3, -0.25) is 0 Å². The summed E-state index contributed by atoms with van der Waals surface area (Å²) in [6, 6.07) is 24.5. The molecule has 0 aromatic heterocycles. The second-order valence-corrected chi connectivity index (χ2v) is 32.6. The summed E-state index contributed by atoms with van der Waals surface area (Å²) in [7, 11) is 0. The zero-order chi connectivity index (χ0) is 35.8. The van der Waals surface area contributed by atoms with Crippen molar-refractivity contribution >= 4 is 12.2 Å². The van der Waals surface area contributed by atoms with Crippen LogP contribution in [0.5, 0.6) is 0 Å². The topological polar surface area (TPSA) is 0 Å². The molecule has 5 aliphatic rings. The first-order valence-corrected chi connectivity index (χ1v) is 28.3. The van der Waals surface area contributed by atoms with Gasteiger partial charge in [-0.1, -0.05) is 0 Å². The zero-order valence-electron chi connectivity index (χ0n) is 29.8. The molecule has 1 aliphatic heterocycles. The van der Waals surface area contributed by atoms with E-state index in [4.69, 9.17) is 0 Å². The fourth-order valence-corrected chi connectivity index (χ4v) is 33.7. The molecule has 2 unspecified atom stereocenters. The van der Waals surface area contributed by atoms with Gasteiger partial charge in [0.25, 0.3) is 0 Å². The van der Waals surface area contributed by atoms with Gasteiger partial charge in [0, 0.05) is 0 Å². The Morgan fingerprint density at radius 1 is 0.463 bits per heavy atom. The Bertz CT molecular complexity index is 1920. The van der Waals surface area contributed by atoms with Gasteiger partial charge in [-0.2, -0.15) is 0 Å². The molecule has 0 N–H and O–H groups in total. The van der Waals surface area contributed by atoms with E-state index in [1.165, 1.54) is 113 Å². The van der Waals surface area contributed by atoms with Gasteiger partial charge in [0.15, 0.2) is 0 Å². The molecule has 0 bridgehead atoms. The Hall–Kier alpha value is -2.61. The molecule has 9 heteroatoms. The molecular weight excluding hydrogens is 904 g/mol. The predicted molar refractivity (Wildman–Crippen MR) is 193 cm³/mol. The molecule has 9 rings (SSSR count). The Morgan fingerprint density at radius 2 is 0.833 bits per heavy atom. The Labute approximate surface area is 330 Å². The molecular formula is C45H42Cl2F6Hf. The third kappa shape index (κ3) is 6.70. The van der Waals surface area contributed by atoms with Gasteiger partial charge in [-0.15, -0.1) is 0 Å². The van der Waals surface area contributed by atoms with Crippen LogP contribution < -0.4 is 24.8 Å². The Kier molecular flexibility index (Phi) is 11.0. The third-order valence-electron chi connectivity index (χ3n) is 13.3. The van der Waals surface area contributed by atoms with Crippen molar-refractivity contribution in [3.05, 3.63) is 129 Å². The summed E-state index contributed by atoms with van der Waals surface area (Å²) in [6.07, 6.45) is 7.16. The molecule has 3 fully saturated rings. The van der Waals surface area contributed by atoms with E-state index < -0.39 is 43.4 Å². The maximum atomic E-state index is 13.5. The van der Waals surface area contributed by atoms with E-state index in [1.807, 2.05) is 0 Å². The molecule has 2 saturated carbocycles. The largest absolute Gasteiger partial charge is 1.00 e. The number of benzene rings is 4. The molecule has 0 radical (unpaired) electrons. The number of halogens is 8. The molecule has 0 spiro atoms. The fraction of sp³-hybridized carbons (Fsp3) is 0.378. The number of alkyl halides is 6. The van der Waals surface area contributed by atoms with E-state index in [-0.39, 0.29) is 24.8 Å². The molecule has 282 valence electrons. The normalized spacial score (nSPS) is 21.5. The van der Waals surface area contributed by atoms with Crippen molar-refractivity contribution in [1.82, 2.24) is 0 Å². The van der Waals surface area contributed by atoms with Gasteiger partial charge in [0.1, 0.15) is 0 Å². The van der Waals surface area contributed by atoms with Crippen molar-refractivity contribution in [2.45, 2.75) is 85.8 Å². The van der Waals surface area contributed by atoms with Gasteiger partial charge >= 0.3 is 308 Å². The number of hydrogen-bond acceptors (Lipinski definition) is 0. The molecule has 1 saturated heterocycles. The summed E-state index contributed by atoms with van der Waals surface area (Å²) < 4.78 is 84.6. The van der Waals surface area contributed by atoms with Crippen LogP contribution in [0.3, 0.4) is 0 Å². The van der Waals surface area contributed by atoms with Crippen LogP contribution in [-0.2, 0) is 32.3 Å². The van der Waals surface area contributed by atoms with Gasteiger partial charge in [-0.25, -0.2) is 0 Å². The first-order valence-electron chi connectivity index (χ1n) is 19.1. The smallest absolute Gasteiger partial charge is 1.00 e. The van der Waals surface area contributed by atoms with Crippen LogP contribution in [0.2, 0.25) is 8.35 Å².